The lowest BCUT2D eigenvalue weighted by Gasteiger charge is -2.22. The zero-order valence-electron chi connectivity index (χ0n) is 20.5. The van der Waals surface area contributed by atoms with Gasteiger partial charge in [0.05, 0.1) is 30.4 Å². The van der Waals surface area contributed by atoms with Crippen molar-refractivity contribution in [2.75, 3.05) is 6.54 Å². The summed E-state index contributed by atoms with van der Waals surface area (Å²) in [5, 5.41) is 53.3. The Kier molecular flexibility index (Phi) is 11.3. The summed E-state index contributed by atoms with van der Waals surface area (Å²) in [5.74, 6) is 0.0437. The van der Waals surface area contributed by atoms with Crippen LogP contribution in [0.1, 0.15) is 47.5 Å². The quantitative estimate of drug-likeness (QED) is 0.477. The highest BCUT2D eigenvalue weighted by Crippen LogP contribution is 2.19. The third kappa shape index (κ3) is 8.08. The molecule has 0 saturated carbocycles. The lowest BCUT2D eigenvalue weighted by atomic mass is 9.93. The topological polar surface area (TPSA) is 205 Å². The second kappa shape index (κ2) is 13.9. The molecule has 1 heterocycles. The van der Waals surface area contributed by atoms with Crippen LogP contribution in [-0.2, 0) is 0 Å². The standard InChI is InChI=1S/C24H27N11/c1-6-19(14(2)7-15(3)32-21(10-27)18(30)8-25)33-16(4)20(9-26)34-17(5)24-13-31-22(11-28)23(12-29)35-24/h14-15,17,19,24,30H,6-7,13H2,1-5H3/t14-,15-,17-,19?,24+/m1/s1. The second-order valence-electron chi connectivity index (χ2n) is 8.12. The van der Waals surface area contributed by atoms with Crippen LogP contribution in [0.25, 0.3) is 0 Å². The molecule has 5 atom stereocenters. The smallest absolute Gasteiger partial charge is 0.172 e. The molecular formula is C24H27N11. The molecule has 0 bridgehead atoms. The molecule has 0 radical (unpaired) electrons. The molecule has 0 aromatic heterocycles. The van der Waals surface area contributed by atoms with Crippen LogP contribution in [0, 0.1) is 68.0 Å². The van der Waals surface area contributed by atoms with Crippen molar-refractivity contribution in [3.63, 3.8) is 0 Å². The van der Waals surface area contributed by atoms with Gasteiger partial charge in [0, 0.05) is 6.04 Å². The van der Waals surface area contributed by atoms with E-state index in [0.717, 1.165) is 0 Å². The highest BCUT2D eigenvalue weighted by molar-refractivity contribution is 6.53. The van der Waals surface area contributed by atoms with Gasteiger partial charge in [-0.05, 0) is 39.5 Å². The Morgan fingerprint density at radius 2 is 1.60 bits per heavy atom. The summed E-state index contributed by atoms with van der Waals surface area (Å²) in [6.07, 6.45) is 1.27. The normalized spacial score (nSPS) is 19.8. The number of rotatable bonds is 10. The minimum Gasteiger partial charge on any atom is -0.288 e. The first-order valence-corrected chi connectivity index (χ1v) is 11.1. The summed E-state index contributed by atoms with van der Waals surface area (Å²) < 4.78 is 0. The second-order valence-corrected chi connectivity index (χ2v) is 8.12. The fourth-order valence-electron chi connectivity index (χ4n) is 3.55. The van der Waals surface area contributed by atoms with E-state index in [4.69, 9.17) is 26.2 Å². The summed E-state index contributed by atoms with van der Waals surface area (Å²) in [6.45, 7) is 9.47. The van der Waals surface area contributed by atoms with E-state index in [2.05, 4.69) is 26.0 Å². The van der Waals surface area contributed by atoms with Gasteiger partial charge in [0.15, 0.2) is 28.6 Å². The Bertz CT molecular complexity index is 1180. The van der Waals surface area contributed by atoms with Crippen LogP contribution in [0.5, 0.6) is 0 Å². The molecule has 11 heteroatoms. The molecule has 1 aliphatic rings. The van der Waals surface area contributed by atoms with Gasteiger partial charge in [0.1, 0.15) is 30.3 Å². The molecule has 11 nitrogen and oxygen atoms in total. The number of hydrogen-bond acceptors (Lipinski definition) is 11. The molecule has 0 amide bonds. The summed E-state index contributed by atoms with van der Waals surface area (Å²) in [5.41, 5.74) is -0.0507. The maximum Gasteiger partial charge on any atom is 0.172 e. The molecule has 0 spiro atoms. The van der Waals surface area contributed by atoms with Crippen molar-refractivity contribution in [2.45, 2.75) is 71.6 Å². The summed E-state index contributed by atoms with van der Waals surface area (Å²) >= 11 is 0. The van der Waals surface area contributed by atoms with E-state index < -0.39 is 17.8 Å². The van der Waals surface area contributed by atoms with Crippen molar-refractivity contribution >= 4 is 34.3 Å². The zero-order valence-corrected chi connectivity index (χ0v) is 20.5. The van der Waals surface area contributed by atoms with Crippen molar-refractivity contribution in [3.8, 4) is 30.3 Å². The van der Waals surface area contributed by atoms with E-state index >= 15 is 0 Å². The molecule has 1 rings (SSSR count). The van der Waals surface area contributed by atoms with E-state index in [9.17, 15) is 10.5 Å². The first kappa shape index (κ1) is 28.5. The average Bonchev–Trinajstić information content (AvgIpc) is 2.87. The van der Waals surface area contributed by atoms with E-state index in [-0.39, 0.29) is 47.4 Å². The van der Waals surface area contributed by atoms with Gasteiger partial charge in [0.25, 0.3) is 0 Å². The molecule has 1 N–H and O–H groups in total. The van der Waals surface area contributed by atoms with Crippen molar-refractivity contribution in [2.24, 2.45) is 30.9 Å². The molecule has 0 aliphatic carbocycles. The number of nitrogens with zero attached hydrogens (tertiary/aromatic N) is 10. The molecule has 0 aromatic carbocycles. The van der Waals surface area contributed by atoms with Crippen LogP contribution in [0.3, 0.4) is 0 Å². The number of nitrogens with one attached hydrogen (secondary N) is 1. The van der Waals surface area contributed by atoms with Gasteiger partial charge < -0.3 is 0 Å². The zero-order chi connectivity index (χ0) is 26.5. The third-order valence-corrected chi connectivity index (χ3v) is 5.46. The molecule has 0 fully saturated rings. The van der Waals surface area contributed by atoms with Crippen LogP contribution in [-0.4, -0.2) is 65.0 Å². The van der Waals surface area contributed by atoms with E-state index in [1.54, 1.807) is 26.0 Å². The van der Waals surface area contributed by atoms with Gasteiger partial charge >= 0.3 is 0 Å². The summed E-state index contributed by atoms with van der Waals surface area (Å²) in [7, 11) is 0. The van der Waals surface area contributed by atoms with Gasteiger partial charge in [-0.3, -0.25) is 30.4 Å². The predicted octanol–water partition coefficient (Wildman–Crippen LogP) is 2.81. The highest BCUT2D eigenvalue weighted by atomic mass is 15.0. The van der Waals surface area contributed by atoms with Crippen LogP contribution in [0.4, 0.5) is 0 Å². The Morgan fingerprint density at radius 1 is 0.971 bits per heavy atom. The van der Waals surface area contributed by atoms with Crippen molar-refractivity contribution in [1.82, 2.24) is 0 Å². The Balaban J connectivity index is 3.05. The Labute approximate surface area is 205 Å². The van der Waals surface area contributed by atoms with Crippen LogP contribution < -0.4 is 0 Å². The Morgan fingerprint density at radius 3 is 2.11 bits per heavy atom. The molecule has 1 aliphatic heterocycles. The minimum atomic E-state index is -0.462. The first-order valence-electron chi connectivity index (χ1n) is 11.1. The van der Waals surface area contributed by atoms with E-state index in [0.29, 0.717) is 18.6 Å². The Hall–Kier alpha value is -4.53. The van der Waals surface area contributed by atoms with Crippen molar-refractivity contribution in [3.05, 3.63) is 0 Å². The summed E-state index contributed by atoms with van der Waals surface area (Å²) in [4.78, 5) is 21.7. The fourth-order valence-corrected chi connectivity index (χ4v) is 3.55. The summed E-state index contributed by atoms with van der Waals surface area (Å²) in [6, 6.07) is 7.87. The number of nitriles is 5. The van der Waals surface area contributed by atoms with Gasteiger partial charge in [-0.1, -0.05) is 13.8 Å². The molecule has 178 valence electrons. The molecular weight excluding hydrogens is 442 g/mol. The lowest BCUT2D eigenvalue weighted by molar-refractivity contribution is 0.395. The number of aliphatic imine (C=N–C) groups is 5. The average molecular weight is 470 g/mol. The van der Waals surface area contributed by atoms with Crippen LogP contribution >= 0.6 is 0 Å². The maximum absolute atomic E-state index is 9.68. The first-order chi connectivity index (χ1) is 16.6. The molecule has 0 saturated heterocycles. The predicted molar refractivity (Wildman–Crippen MR) is 134 cm³/mol. The third-order valence-electron chi connectivity index (χ3n) is 5.46. The SMILES string of the molecule is CCC(N=C(C)C(C#N)=N[C@H](C)[C@@H]1CN=C(C#N)C(C#N)=N1)[C@H](C)C[C@@H](C)N=C(C#N)C(=N)C#N. The van der Waals surface area contributed by atoms with Gasteiger partial charge in [0.2, 0.25) is 0 Å². The van der Waals surface area contributed by atoms with Gasteiger partial charge in [-0.2, -0.15) is 26.3 Å². The lowest BCUT2D eigenvalue weighted by Crippen LogP contribution is -2.32. The molecule has 0 aromatic rings. The fraction of sp³-hybridized carbons (Fsp3) is 0.542. The highest BCUT2D eigenvalue weighted by Gasteiger charge is 2.24. The van der Waals surface area contributed by atoms with Gasteiger partial charge in [-0.25, -0.2) is 0 Å². The van der Waals surface area contributed by atoms with Gasteiger partial charge in [-0.15, -0.1) is 0 Å². The maximum atomic E-state index is 9.68. The largest absolute Gasteiger partial charge is 0.288 e. The van der Waals surface area contributed by atoms with E-state index in [1.807, 2.05) is 32.9 Å². The number of hydrogen-bond donors (Lipinski definition) is 1. The molecule has 1 unspecified atom stereocenters. The minimum absolute atomic E-state index is 0.00266. The molecule has 35 heavy (non-hydrogen) atoms. The monoisotopic (exact) mass is 469 g/mol. The van der Waals surface area contributed by atoms with Crippen LogP contribution in [0.2, 0.25) is 0 Å². The van der Waals surface area contributed by atoms with Crippen molar-refractivity contribution < 1.29 is 0 Å². The van der Waals surface area contributed by atoms with E-state index in [1.165, 1.54) is 0 Å². The van der Waals surface area contributed by atoms with Crippen molar-refractivity contribution in [1.29, 1.82) is 31.7 Å². The van der Waals surface area contributed by atoms with Crippen LogP contribution in [0.15, 0.2) is 25.0 Å².